The van der Waals surface area contributed by atoms with Crippen molar-refractivity contribution >= 4 is 16.7 Å². The van der Waals surface area contributed by atoms with Crippen LogP contribution in [0.2, 0.25) is 0 Å². The van der Waals surface area contributed by atoms with Crippen molar-refractivity contribution in [1.29, 1.82) is 0 Å². The fourth-order valence-corrected chi connectivity index (χ4v) is 1.49. The third kappa shape index (κ3) is 1.43. The summed E-state index contributed by atoms with van der Waals surface area (Å²) < 4.78 is 4.54. The fourth-order valence-electron chi connectivity index (χ4n) is 1.49. The Morgan fingerprint density at radius 2 is 2.00 bits per heavy atom. The third-order valence-corrected chi connectivity index (χ3v) is 2.24. The molecular weight excluding hydrogens is 198 g/mol. The van der Waals surface area contributed by atoms with Crippen molar-refractivity contribution in [2.45, 2.75) is 19.8 Å². The van der Waals surface area contributed by atoms with Gasteiger partial charge in [0.1, 0.15) is 5.52 Å². The minimum Gasteiger partial charge on any atom is -0.258 e. The molecule has 0 N–H and O–H groups in total. The Balaban J connectivity index is 2.76. The van der Waals surface area contributed by atoms with Gasteiger partial charge in [-0.15, -0.1) is 0 Å². The van der Waals surface area contributed by atoms with Crippen LogP contribution in [0.4, 0.5) is 5.69 Å². The first-order chi connectivity index (χ1) is 7.11. The van der Waals surface area contributed by atoms with Gasteiger partial charge in [-0.25, -0.2) is 4.63 Å². The van der Waals surface area contributed by atoms with Gasteiger partial charge in [-0.3, -0.25) is 10.1 Å². The molecule has 1 aromatic carbocycles. The van der Waals surface area contributed by atoms with Gasteiger partial charge < -0.3 is 0 Å². The molecule has 0 aliphatic heterocycles. The van der Waals surface area contributed by atoms with E-state index in [1.807, 2.05) is 13.8 Å². The monoisotopic (exact) mass is 207 g/mol. The molecule has 0 spiro atoms. The van der Waals surface area contributed by atoms with Crippen LogP contribution in [0.15, 0.2) is 16.8 Å². The summed E-state index contributed by atoms with van der Waals surface area (Å²) in [5.41, 5.74) is 1.51. The van der Waals surface area contributed by atoms with Crippen molar-refractivity contribution in [2.75, 3.05) is 0 Å². The Labute approximate surface area is 85.0 Å². The standard InChI is InChI=1S/C9H9N3O3/c1-5(2)6-3-4-7(12(13)14)9-8(6)10-15-11-9/h3-5H,1-2H3. The van der Waals surface area contributed by atoms with Crippen LogP contribution in [0.1, 0.15) is 25.3 Å². The van der Waals surface area contributed by atoms with Crippen molar-refractivity contribution in [3.63, 3.8) is 0 Å². The predicted molar refractivity (Wildman–Crippen MR) is 52.5 cm³/mol. The second-order valence-corrected chi connectivity index (χ2v) is 3.55. The predicted octanol–water partition coefficient (Wildman–Crippen LogP) is 2.25. The number of nitrogens with zero attached hydrogens (tertiary/aromatic N) is 3. The molecule has 0 amide bonds. The van der Waals surface area contributed by atoms with E-state index < -0.39 is 4.92 Å². The summed E-state index contributed by atoms with van der Waals surface area (Å²) in [6.07, 6.45) is 0. The van der Waals surface area contributed by atoms with Crippen LogP contribution in [0.25, 0.3) is 11.0 Å². The van der Waals surface area contributed by atoms with Crippen LogP contribution >= 0.6 is 0 Å². The Morgan fingerprint density at radius 3 is 2.60 bits per heavy atom. The summed E-state index contributed by atoms with van der Waals surface area (Å²) in [7, 11) is 0. The molecular formula is C9H9N3O3. The number of fused-ring (bicyclic) bond motifs is 1. The molecule has 1 heterocycles. The van der Waals surface area contributed by atoms with Crippen molar-refractivity contribution in [2.24, 2.45) is 0 Å². The quantitative estimate of drug-likeness (QED) is 0.557. The molecule has 0 fully saturated rings. The maximum atomic E-state index is 10.7. The Hall–Kier alpha value is -1.98. The molecule has 0 atom stereocenters. The molecule has 78 valence electrons. The summed E-state index contributed by atoms with van der Waals surface area (Å²) in [4.78, 5) is 10.2. The highest BCUT2D eigenvalue weighted by molar-refractivity contribution is 5.86. The van der Waals surface area contributed by atoms with E-state index >= 15 is 0 Å². The number of hydrogen-bond acceptors (Lipinski definition) is 5. The third-order valence-electron chi connectivity index (χ3n) is 2.24. The van der Waals surface area contributed by atoms with Crippen LogP contribution in [0.3, 0.4) is 0 Å². The second kappa shape index (κ2) is 3.30. The number of nitro benzene ring substituents is 1. The van der Waals surface area contributed by atoms with E-state index in [2.05, 4.69) is 14.9 Å². The average molecular weight is 207 g/mol. The van der Waals surface area contributed by atoms with Gasteiger partial charge in [-0.2, -0.15) is 0 Å². The molecule has 0 saturated carbocycles. The van der Waals surface area contributed by atoms with Crippen LogP contribution in [0.5, 0.6) is 0 Å². The second-order valence-electron chi connectivity index (χ2n) is 3.55. The highest BCUT2D eigenvalue weighted by Crippen LogP contribution is 2.29. The summed E-state index contributed by atoms with van der Waals surface area (Å²) in [6, 6.07) is 3.12. The highest BCUT2D eigenvalue weighted by Gasteiger charge is 2.20. The molecule has 0 aliphatic carbocycles. The minimum atomic E-state index is -0.489. The van der Waals surface area contributed by atoms with Gasteiger partial charge in [-0.05, 0) is 27.9 Å². The molecule has 0 radical (unpaired) electrons. The molecule has 0 aliphatic rings. The molecule has 6 heteroatoms. The van der Waals surface area contributed by atoms with Crippen LogP contribution < -0.4 is 0 Å². The maximum Gasteiger partial charge on any atom is 0.300 e. The van der Waals surface area contributed by atoms with Gasteiger partial charge in [0.2, 0.25) is 5.52 Å². The van der Waals surface area contributed by atoms with E-state index in [0.29, 0.717) is 5.52 Å². The van der Waals surface area contributed by atoms with Crippen molar-refractivity contribution in [3.8, 4) is 0 Å². The Kier molecular flexibility index (Phi) is 2.11. The van der Waals surface area contributed by atoms with E-state index in [4.69, 9.17) is 0 Å². The lowest BCUT2D eigenvalue weighted by molar-refractivity contribution is -0.383. The lowest BCUT2D eigenvalue weighted by Crippen LogP contribution is -1.94. The van der Waals surface area contributed by atoms with E-state index in [9.17, 15) is 10.1 Å². The van der Waals surface area contributed by atoms with Gasteiger partial charge in [0.25, 0.3) is 0 Å². The summed E-state index contributed by atoms with van der Waals surface area (Å²) in [5.74, 6) is 0.222. The van der Waals surface area contributed by atoms with Gasteiger partial charge >= 0.3 is 5.69 Å². The zero-order valence-electron chi connectivity index (χ0n) is 8.30. The van der Waals surface area contributed by atoms with E-state index in [0.717, 1.165) is 5.56 Å². The molecule has 15 heavy (non-hydrogen) atoms. The SMILES string of the molecule is CC(C)c1ccc([N+](=O)[O-])c2nonc12. The van der Waals surface area contributed by atoms with Gasteiger partial charge in [0, 0.05) is 6.07 Å². The highest BCUT2D eigenvalue weighted by atomic mass is 16.6. The van der Waals surface area contributed by atoms with Crippen LogP contribution in [-0.4, -0.2) is 15.2 Å². The molecule has 2 rings (SSSR count). The first kappa shape index (κ1) is 9.57. The fraction of sp³-hybridized carbons (Fsp3) is 0.333. The topological polar surface area (TPSA) is 82.1 Å². The number of hydrogen-bond donors (Lipinski definition) is 0. The van der Waals surface area contributed by atoms with Crippen molar-refractivity contribution in [3.05, 3.63) is 27.8 Å². The molecule has 0 saturated heterocycles. The lowest BCUT2D eigenvalue weighted by atomic mass is 10.0. The first-order valence-electron chi connectivity index (χ1n) is 4.51. The zero-order chi connectivity index (χ0) is 11.0. The summed E-state index contributed by atoms with van der Waals surface area (Å²) in [6.45, 7) is 3.96. The largest absolute Gasteiger partial charge is 0.300 e. The Morgan fingerprint density at radius 1 is 1.33 bits per heavy atom. The first-order valence-corrected chi connectivity index (χ1v) is 4.51. The van der Waals surface area contributed by atoms with Crippen molar-refractivity contribution < 1.29 is 9.55 Å². The molecule has 1 aromatic heterocycles. The molecule has 0 bridgehead atoms. The smallest absolute Gasteiger partial charge is 0.258 e. The molecule has 2 aromatic rings. The van der Waals surface area contributed by atoms with Gasteiger partial charge in [0.05, 0.1) is 4.92 Å². The normalized spacial score (nSPS) is 11.1. The van der Waals surface area contributed by atoms with E-state index in [1.54, 1.807) is 6.07 Å². The zero-order valence-corrected chi connectivity index (χ0v) is 8.30. The number of nitro groups is 1. The summed E-state index contributed by atoms with van der Waals surface area (Å²) in [5, 5.41) is 17.9. The number of rotatable bonds is 2. The van der Waals surface area contributed by atoms with E-state index in [-0.39, 0.29) is 17.1 Å². The molecule has 6 nitrogen and oxygen atoms in total. The maximum absolute atomic E-state index is 10.7. The number of benzene rings is 1. The van der Waals surface area contributed by atoms with E-state index in [1.165, 1.54) is 6.07 Å². The van der Waals surface area contributed by atoms with Crippen LogP contribution in [-0.2, 0) is 0 Å². The Bertz CT molecular complexity index is 518. The number of aromatic nitrogens is 2. The van der Waals surface area contributed by atoms with Crippen molar-refractivity contribution in [1.82, 2.24) is 10.3 Å². The average Bonchev–Trinajstić information content (AvgIpc) is 2.63. The number of non-ortho nitro benzene ring substituents is 1. The van der Waals surface area contributed by atoms with Crippen LogP contribution in [0, 0.1) is 10.1 Å². The minimum absolute atomic E-state index is 0.0735. The van der Waals surface area contributed by atoms with Gasteiger partial charge in [-0.1, -0.05) is 13.8 Å². The van der Waals surface area contributed by atoms with Gasteiger partial charge in [0.15, 0.2) is 0 Å². The molecule has 0 unspecified atom stereocenters. The lowest BCUT2D eigenvalue weighted by Gasteiger charge is -2.03. The summed E-state index contributed by atoms with van der Waals surface area (Å²) >= 11 is 0.